The van der Waals surface area contributed by atoms with Gasteiger partial charge in [0.15, 0.2) is 0 Å². The van der Waals surface area contributed by atoms with Crippen LogP contribution in [-0.2, 0) is 20.4 Å². The van der Waals surface area contributed by atoms with Crippen LogP contribution < -0.4 is 24.8 Å². The van der Waals surface area contributed by atoms with Gasteiger partial charge >= 0.3 is 98.3 Å². The van der Waals surface area contributed by atoms with Crippen molar-refractivity contribution in [3.8, 4) is 0 Å². The summed E-state index contributed by atoms with van der Waals surface area (Å²) in [5, 5.41) is 0. The molecule has 0 N–H and O–H groups in total. The molecule has 0 spiro atoms. The van der Waals surface area contributed by atoms with Crippen LogP contribution in [0.5, 0.6) is 0 Å². The first-order valence-electron chi connectivity index (χ1n) is 5.94. The zero-order valence-electron chi connectivity index (χ0n) is 9.28. The van der Waals surface area contributed by atoms with Crippen molar-refractivity contribution in [3.05, 3.63) is 24.3 Å². The standard InChI is InChI=1S/C13H17.2ClH.Ti/c1-3-7-12-10(5-1)9-11-6-2-4-8-13(11)12;;;/h1,3,5,7,9-13H,2,4,6,8H2;2*1H;/q;;;+2/p-2. The second kappa shape index (κ2) is 6.09. The fourth-order valence-electron chi connectivity index (χ4n) is 3.83. The third-order valence-electron chi connectivity index (χ3n) is 4.47. The Balaban J connectivity index is 0.000000640. The second-order valence-corrected chi connectivity index (χ2v) is 6.10. The van der Waals surface area contributed by atoms with E-state index in [2.05, 4.69) is 44.7 Å². The molecule has 0 aromatic heterocycles. The van der Waals surface area contributed by atoms with E-state index in [0.29, 0.717) is 0 Å². The molecule has 0 radical (unpaired) electrons. The van der Waals surface area contributed by atoms with E-state index in [9.17, 15) is 0 Å². The first-order chi connectivity index (χ1) is 6.88. The SMILES string of the molecule is [Cl-].[Cl-].[Ti+2][CH]1C2C=CC=CC2C2CCCCC12. The summed E-state index contributed by atoms with van der Waals surface area (Å²) < 4.78 is 0.937. The van der Waals surface area contributed by atoms with Crippen LogP contribution in [0.15, 0.2) is 24.3 Å². The minimum atomic E-state index is 0. The molecule has 5 atom stereocenters. The Bertz CT molecular complexity index is 288. The Kier molecular flexibility index (Phi) is 5.65. The van der Waals surface area contributed by atoms with E-state index < -0.39 is 0 Å². The van der Waals surface area contributed by atoms with Gasteiger partial charge in [0.05, 0.1) is 0 Å². The third kappa shape index (κ3) is 2.32. The fraction of sp³-hybridized carbons (Fsp3) is 0.692. The van der Waals surface area contributed by atoms with E-state index in [1.54, 1.807) is 0 Å². The average molecular weight is 292 g/mol. The first-order valence-corrected chi connectivity index (χ1v) is 6.84. The van der Waals surface area contributed by atoms with Gasteiger partial charge in [-0.3, -0.25) is 0 Å². The van der Waals surface area contributed by atoms with Crippen LogP contribution in [0.2, 0.25) is 4.22 Å². The number of rotatable bonds is 0. The Morgan fingerprint density at radius 2 is 1.38 bits per heavy atom. The normalized spacial score (nSPS) is 44.0. The summed E-state index contributed by atoms with van der Waals surface area (Å²) in [7, 11) is 0. The fourth-order valence-corrected chi connectivity index (χ4v) is 4.99. The minimum absolute atomic E-state index is 0. The summed E-state index contributed by atoms with van der Waals surface area (Å²) in [5.41, 5.74) is 0. The van der Waals surface area contributed by atoms with Crippen LogP contribution in [-0.4, -0.2) is 0 Å². The molecule has 2 saturated carbocycles. The van der Waals surface area contributed by atoms with Gasteiger partial charge < -0.3 is 24.8 Å². The molecule has 0 saturated heterocycles. The molecule has 3 rings (SSSR count). The van der Waals surface area contributed by atoms with Crippen LogP contribution in [0.1, 0.15) is 25.7 Å². The molecule has 0 heterocycles. The molecule has 3 heteroatoms. The van der Waals surface area contributed by atoms with E-state index in [1.807, 2.05) is 0 Å². The van der Waals surface area contributed by atoms with E-state index in [1.165, 1.54) is 25.7 Å². The van der Waals surface area contributed by atoms with Crippen molar-refractivity contribution in [2.45, 2.75) is 29.9 Å². The van der Waals surface area contributed by atoms with Crippen molar-refractivity contribution in [1.82, 2.24) is 0 Å². The topological polar surface area (TPSA) is 0 Å². The number of allylic oxidation sites excluding steroid dienone is 4. The van der Waals surface area contributed by atoms with Gasteiger partial charge in [0, 0.05) is 0 Å². The Labute approximate surface area is 123 Å². The molecular formula is C13H17Cl2Ti. The predicted octanol–water partition coefficient (Wildman–Crippen LogP) is -2.49. The van der Waals surface area contributed by atoms with Crippen molar-refractivity contribution < 1.29 is 45.2 Å². The molecule has 3 aliphatic carbocycles. The van der Waals surface area contributed by atoms with Crippen LogP contribution in [0.25, 0.3) is 0 Å². The van der Waals surface area contributed by atoms with Crippen LogP contribution in [0.4, 0.5) is 0 Å². The second-order valence-electron chi connectivity index (χ2n) is 5.06. The van der Waals surface area contributed by atoms with Gasteiger partial charge in [0.2, 0.25) is 0 Å². The maximum absolute atomic E-state index is 2.48. The van der Waals surface area contributed by atoms with Gasteiger partial charge in [-0.2, -0.15) is 0 Å². The van der Waals surface area contributed by atoms with Crippen LogP contribution in [0, 0.1) is 23.7 Å². The van der Waals surface area contributed by atoms with Crippen LogP contribution >= 0.6 is 0 Å². The van der Waals surface area contributed by atoms with Crippen molar-refractivity contribution in [2.24, 2.45) is 23.7 Å². The quantitative estimate of drug-likeness (QED) is 0.433. The van der Waals surface area contributed by atoms with Gasteiger partial charge in [0.1, 0.15) is 0 Å². The average Bonchev–Trinajstić information content (AvgIpc) is 2.55. The van der Waals surface area contributed by atoms with Gasteiger partial charge in [-0.1, -0.05) is 0 Å². The van der Waals surface area contributed by atoms with Gasteiger partial charge in [-0.25, -0.2) is 0 Å². The van der Waals surface area contributed by atoms with E-state index in [4.69, 9.17) is 0 Å². The molecule has 0 aliphatic heterocycles. The molecule has 0 aromatic carbocycles. The summed E-state index contributed by atoms with van der Waals surface area (Å²) in [4.78, 5) is 0. The summed E-state index contributed by atoms with van der Waals surface area (Å²) in [6.45, 7) is 0. The monoisotopic (exact) mass is 291 g/mol. The van der Waals surface area contributed by atoms with Crippen molar-refractivity contribution in [1.29, 1.82) is 0 Å². The van der Waals surface area contributed by atoms with E-state index in [0.717, 1.165) is 27.9 Å². The van der Waals surface area contributed by atoms with Gasteiger partial charge in [-0.15, -0.1) is 0 Å². The Morgan fingerprint density at radius 3 is 2.06 bits per heavy atom. The molecule has 0 amide bonds. The zero-order chi connectivity index (χ0) is 9.54. The molecule has 0 aromatic rings. The Hall–Kier alpha value is 0.774. The van der Waals surface area contributed by atoms with Crippen molar-refractivity contribution >= 4 is 0 Å². The Morgan fingerprint density at radius 1 is 0.812 bits per heavy atom. The number of halogens is 2. The summed E-state index contributed by atoms with van der Waals surface area (Å²) in [6.07, 6.45) is 15.4. The zero-order valence-corrected chi connectivity index (χ0v) is 12.4. The molecular weight excluding hydrogens is 275 g/mol. The summed E-state index contributed by atoms with van der Waals surface area (Å²) in [6, 6.07) is 0. The van der Waals surface area contributed by atoms with E-state index in [-0.39, 0.29) is 24.8 Å². The van der Waals surface area contributed by atoms with Crippen LogP contribution in [0.3, 0.4) is 0 Å². The summed E-state index contributed by atoms with van der Waals surface area (Å²) >= 11 is 2.48. The van der Waals surface area contributed by atoms with Gasteiger partial charge in [-0.05, 0) is 0 Å². The molecule has 0 bridgehead atoms. The number of fused-ring (bicyclic) bond motifs is 3. The van der Waals surface area contributed by atoms with Crippen molar-refractivity contribution in [3.63, 3.8) is 0 Å². The molecule has 87 valence electrons. The molecule has 0 nitrogen and oxygen atoms in total. The molecule has 16 heavy (non-hydrogen) atoms. The molecule has 2 fully saturated rings. The molecule has 5 unspecified atom stereocenters. The molecule has 3 aliphatic rings. The third-order valence-corrected chi connectivity index (χ3v) is 5.74. The predicted molar refractivity (Wildman–Crippen MR) is 54.5 cm³/mol. The first kappa shape index (κ1) is 14.8. The number of hydrogen-bond acceptors (Lipinski definition) is 0. The van der Waals surface area contributed by atoms with E-state index >= 15 is 0 Å². The van der Waals surface area contributed by atoms with Crippen molar-refractivity contribution in [2.75, 3.05) is 0 Å². The van der Waals surface area contributed by atoms with Gasteiger partial charge in [0.25, 0.3) is 0 Å². The maximum atomic E-state index is 2.48. The number of hydrogen-bond donors (Lipinski definition) is 0. The summed E-state index contributed by atoms with van der Waals surface area (Å²) in [5.74, 6) is 3.81.